The van der Waals surface area contributed by atoms with Crippen LogP contribution in [0.3, 0.4) is 0 Å². The van der Waals surface area contributed by atoms with Crippen molar-refractivity contribution in [1.29, 1.82) is 0 Å². The van der Waals surface area contributed by atoms with Gasteiger partial charge in [0.05, 0.1) is 11.3 Å². The monoisotopic (exact) mass is 384 g/mol. The smallest absolute Gasteiger partial charge is 0.335 e. The van der Waals surface area contributed by atoms with Gasteiger partial charge < -0.3 is 5.11 Å². The molecule has 1 aromatic carbocycles. The lowest BCUT2D eigenvalue weighted by atomic mass is 9.98. The number of pyridine rings is 1. The molecule has 136 valence electrons. The highest BCUT2D eigenvalue weighted by Gasteiger charge is 2.22. The molecule has 0 fully saturated rings. The van der Waals surface area contributed by atoms with Gasteiger partial charge in [-0.2, -0.15) is 5.10 Å². The van der Waals surface area contributed by atoms with Gasteiger partial charge >= 0.3 is 5.97 Å². The lowest BCUT2D eigenvalue weighted by Crippen LogP contribution is -1.97. The highest BCUT2D eigenvalue weighted by Crippen LogP contribution is 2.38. The molecule has 27 heavy (non-hydrogen) atoms. The first-order valence-corrected chi connectivity index (χ1v) is 8.45. The molecule has 0 atom stereocenters. The molecule has 1 N–H and O–H groups in total. The molecule has 0 amide bonds. The van der Waals surface area contributed by atoms with E-state index in [0.717, 1.165) is 11.3 Å². The molecule has 0 unspecified atom stereocenters. The summed E-state index contributed by atoms with van der Waals surface area (Å²) in [4.78, 5) is 15.6. The van der Waals surface area contributed by atoms with Crippen LogP contribution in [0.4, 0.5) is 4.39 Å². The van der Waals surface area contributed by atoms with Crippen LogP contribution in [0.25, 0.3) is 28.0 Å². The standard InChI is InChI=1S/C19H14ClFN4O2/c1-10-13(9-24(2)23-10)12-4-3-5-14(21)16(12)17-18(20)25-7-6-11(19(26)27)8-15(25)22-17/h3-9H,1-2H3,(H,26,27). The summed E-state index contributed by atoms with van der Waals surface area (Å²) in [5.74, 6) is -1.55. The Kier molecular flexibility index (Phi) is 3.96. The SMILES string of the molecule is Cc1nn(C)cc1-c1cccc(F)c1-c1nc2cc(C(=O)O)ccn2c1Cl. The van der Waals surface area contributed by atoms with Crippen molar-refractivity contribution in [1.82, 2.24) is 19.2 Å². The molecule has 4 aromatic rings. The molecule has 0 saturated carbocycles. The largest absolute Gasteiger partial charge is 0.478 e. The van der Waals surface area contributed by atoms with Crippen LogP contribution < -0.4 is 0 Å². The lowest BCUT2D eigenvalue weighted by Gasteiger charge is -2.08. The Bertz CT molecular complexity index is 1210. The fourth-order valence-electron chi connectivity index (χ4n) is 3.16. The third-order valence-electron chi connectivity index (χ3n) is 4.37. The first-order chi connectivity index (χ1) is 12.9. The Morgan fingerprint density at radius 3 is 2.70 bits per heavy atom. The molecular formula is C19H14ClFN4O2. The third kappa shape index (κ3) is 2.76. The van der Waals surface area contributed by atoms with Gasteiger partial charge in [-0.1, -0.05) is 23.7 Å². The molecule has 8 heteroatoms. The molecule has 0 aliphatic heterocycles. The minimum absolute atomic E-state index is 0.0765. The van der Waals surface area contributed by atoms with Crippen LogP contribution in [0.5, 0.6) is 0 Å². The number of hydrogen-bond acceptors (Lipinski definition) is 3. The summed E-state index contributed by atoms with van der Waals surface area (Å²) in [6.45, 7) is 1.84. The van der Waals surface area contributed by atoms with Crippen LogP contribution in [0.15, 0.2) is 42.7 Å². The summed E-state index contributed by atoms with van der Waals surface area (Å²) in [5, 5.41) is 13.7. The van der Waals surface area contributed by atoms with Gasteiger partial charge in [0, 0.05) is 30.6 Å². The fraction of sp³-hybridized carbons (Fsp3) is 0.105. The summed E-state index contributed by atoms with van der Waals surface area (Å²) in [6.07, 6.45) is 3.31. The summed E-state index contributed by atoms with van der Waals surface area (Å²) in [7, 11) is 1.79. The second kappa shape index (κ2) is 6.21. The van der Waals surface area contributed by atoms with Crippen molar-refractivity contribution < 1.29 is 14.3 Å². The van der Waals surface area contributed by atoms with Gasteiger partial charge in [0.1, 0.15) is 22.3 Å². The number of fused-ring (bicyclic) bond motifs is 1. The Balaban J connectivity index is 2.00. The van der Waals surface area contributed by atoms with Gasteiger partial charge in [-0.15, -0.1) is 0 Å². The van der Waals surface area contributed by atoms with Crippen molar-refractivity contribution >= 4 is 23.2 Å². The topological polar surface area (TPSA) is 72.4 Å². The Labute approximate surface area is 158 Å². The van der Waals surface area contributed by atoms with Crippen molar-refractivity contribution in [3.8, 4) is 22.4 Å². The highest BCUT2D eigenvalue weighted by atomic mass is 35.5. The Morgan fingerprint density at radius 2 is 2.04 bits per heavy atom. The molecular weight excluding hydrogens is 371 g/mol. The van der Waals surface area contributed by atoms with Gasteiger partial charge in [-0.05, 0) is 30.7 Å². The van der Waals surface area contributed by atoms with E-state index in [9.17, 15) is 9.18 Å². The average molecular weight is 385 g/mol. The van der Waals surface area contributed by atoms with Gasteiger partial charge in [-0.25, -0.2) is 14.2 Å². The van der Waals surface area contributed by atoms with Gasteiger partial charge in [0.25, 0.3) is 0 Å². The quantitative estimate of drug-likeness (QED) is 0.574. The van der Waals surface area contributed by atoms with Crippen LogP contribution >= 0.6 is 11.6 Å². The Morgan fingerprint density at radius 1 is 1.26 bits per heavy atom. The van der Waals surface area contributed by atoms with Crippen molar-refractivity contribution in [2.45, 2.75) is 6.92 Å². The Hall–Kier alpha value is -3.19. The van der Waals surface area contributed by atoms with E-state index in [1.807, 2.05) is 6.92 Å². The number of aromatic carboxylic acids is 1. The number of carbonyl (C=O) groups is 1. The van der Waals surface area contributed by atoms with Crippen LogP contribution in [0.1, 0.15) is 16.1 Å². The van der Waals surface area contributed by atoms with Crippen LogP contribution in [-0.2, 0) is 7.05 Å². The van der Waals surface area contributed by atoms with E-state index >= 15 is 0 Å². The number of carboxylic acid groups (broad SMARTS) is 1. The molecule has 0 spiro atoms. The molecule has 6 nitrogen and oxygen atoms in total. The van der Waals surface area contributed by atoms with Crippen LogP contribution in [0.2, 0.25) is 5.15 Å². The zero-order valence-corrected chi connectivity index (χ0v) is 15.2. The van der Waals surface area contributed by atoms with Gasteiger partial charge in [-0.3, -0.25) is 9.08 Å². The second-order valence-corrected chi connectivity index (χ2v) is 6.52. The van der Waals surface area contributed by atoms with Crippen molar-refractivity contribution in [3.05, 3.63) is 65.0 Å². The summed E-state index contributed by atoms with van der Waals surface area (Å²) in [5.41, 5.74) is 3.03. The summed E-state index contributed by atoms with van der Waals surface area (Å²) >= 11 is 6.47. The molecule has 0 saturated heterocycles. The molecule has 3 aromatic heterocycles. The number of carboxylic acids is 1. The number of aryl methyl sites for hydroxylation is 2. The summed E-state index contributed by atoms with van der Waals surface area (Å²) in [6, 6.07) is 7.56. The average Bonchev–Trinajstić information content (AvgIpc) is 3.13. The van der Waals surface area contributed by atoms with Crippen molar-refractivity contribution in [3.63, 3.8) is 0 Å². The highest BCUT2D eigenvalue weighted by molar-refractivity contribution is 6.32. The van der Waals surface area contributed by atoms with E-state index in [0.29, 0.717) is 11.2 Å². The zero-order valence-electron chi connectivity index (χ0n) is 14.4. The number of benzene rings is 1. The van der Waals surface area contributed by atoms with Crippen LogP contribution in [-0.4, -0.2) is 30.2 Å². The minimum atomic E-state index is -1.07. The maximum atomic E-state index is 14.8. The van der Waals surface area contributed by atoms with Crippen molar-refractivity contribution in [2.24, 2.45) is 7.05 Å². The van der Waals surface area contributed by atoms with E-state index < -0.39 is 11.8 Å². The van der Waals surface area contributed by atoms with Gasteiger partial charge in [0.15, 0.2) is 0 Å². The number of rotatable bonds is 3. The number of hydrogen-bond donors (Lipinski definition) is 1. The molecule has 4 rings (SSSR count). The number of aromatic nitrogens is 4. The maximum absolute atomic E-state index is 14.8. The van der Waals surface area contributed by atoms with Crippen molar-refractivity contribution in [2.75, 3.05) is 0 Å². The third-order valence-corrected chi connectivity index (χ3v) is 4.73. The molecule has 0 aliphatic carbocycles. The normalized spacial score (nSPS) is 11.3. The van der Waals surface area contributed by atoms with Crippen LogP contribution in [0, 0.1) is 12.7 Å². The molecule has 3 heterocycles. The first kappa shape index (κ1) is 17.2. The van der Waals surface area contributed by atoms with E-state index in [4.69, 9.17) is 16.7 Å². The predicted molar refractivity (Wildman–Crippen MR) is 99.5 cm³/mol. The number of halogens is 2. The minimum Gasteiger partial charge on any atom is -0.478 e. The van der Waals surface area contributed by atoms with E-state index in [2.05, 4.69) is 10.1 Å². The van der Waals surface area contributed by atoms with E-state index in [1.54, 1.807) is 30.1 Å². The van der Waals surface area contributed by atoms with E-state index in [-0.39, 0.29) is 22.0 Å². The fourth-order valence-corrected chi connectivity index (χ4v) is 3.44. The molecule has 0 bridgehead atoms. The first-order valence-electron chi connectivity index (χ1n) is 8.07. The zero-order chi connectivity index (χ0) is 19.3. The van der Waals surface area contributed by atoms with E-state index in [1.165, 1.54) is 28.8 Å². The van der Waals surface area contributed by atoms with Gasteiger partial charge in [0.2, 0.25) is 0 Å². The lowest BCUT2D eigenvalue weighted by molar-refractivity contribution is 0.0697. The number of imidazole rings is 1. The second-order valence-electron chi connectivity index (χ2n) is 6.16. The molecule has 0 aliphatic rings. The predicted octanol–water partition coefficient (Wildman–Crippen LogP) is 4.20. The maximum Gasteiger partial charge on any atom is 0.335 e. The number of nitrogens with zero attached hydrogens (tertiary/aromatic N) is 4. The molecule has 0 radical (unpaired) electrons. The summed E-state index contributed by atoms with van der Waals surface area (Å²) < 4.78 is 18.0.